The minimum atomic E-state index is -0.382. The highest BCUT2D eigenvalue weighted by Gasteiger charge is 2.10. The van der Waals surface area contributed by atoms with E-state index in [0.717, 1.165) is 15.7 Å². The highest BCUT2D eigenvalue weighted by molar-refractivity contribution is 9.10. The molecule has 0 saturated carbocycles. The van der Waals surface area contributed by atoms with Crippen LogP contribution in [-0.2, 0) is 0 Å². The molecule has 1 unspecified atom stereocenters. The van der Waals surface area contributed by atoms with E-state index in [4.69, 9.17) is 0 Å². The fourth-order valence-electron chi connectivity index (χ4n) is 1.56. The lowest BCUT2D eigenvalue weighted by Gasteiger charge is -2.15. The third-order valence-electron chi connectivity index (χ3n) is 2.94. The molecule has 0 spiro atoms. The maximum absolute atomic E-state index is 11.7. The Kier molecular flexibility index (Phi) is 6.31. The van der Waals surface area contributed by atoms with Gasteiger partial charge in [-0.25, -0.2) is 4.79 Å². The van der Waals surface area contributed by atoms with E-state index >= 15 is 0 Å². The van der Waals surface area contributed by atoms with Gasteiger partial charge >= 0.3 is 6.03 Å². The van der Waals surface area contributed by atoms with Gasteiger partial charge in [0.15, 0.2) is 0 Å². The summed E-state index contributed by atoms with van der Waals surface area (Å²) >= 11 is 3.37. The molecule has 0 saturated heterocycles. The average molecular weight is 329 g/mol. The Balaban J connectivity index is 2.41. The van der Waals surface area contributed by atoms with E-state index in [1.165, 1.54) is 0 Å². The van der Waals surface area contributed by atoms with Crippen LogP contribution in [0.15, 0.2) is 22.7 Å². The van der Waals surface area contributed by atoms with E-state index in [1.54, 1.807) is 0 Å². The molecule has 3 N–H and O–H groups in total. The summed E-state index contributed by atoms with van der Waals surface area (Å²) in [7, 11) is 0. The number of rotatable bonds is 5. The number of nitrogens with one attached hydrogen (secondary N) is 2. The van der Waals surface area contributed by atoms with Crippen molar-refractivity contribution >= 4 is 27.6 Å². The number of aliphatic hydroxyl groups is 1. The number of urea groups is 1. The van der Waals surface area contributed by atoms with Crippen LogP contribution >= 0.6 is 15.9 Å². The normalized spacial score (nSPS) is 12.3. The summed E-state index contributed by atoms with van der Waals surface area (Å²) in [6, 6.07) is 5.47. The van der Waals surface area contributed by atoms with Crippen LogP contribution in [0, 0.1) is 12.8 Å². The molecule has 5 heteroatoms. The third-order valence-corrected chi connectivity index (χ3v) is 3.44. The molecule has 0 fully saturated rings. The van der Waals surface area contributed by atoms with Gasteiger partial charge in [0.25, 0.3) is 0 Å². The SMILES string of the molecule is Cc1ccc(Br)cc1NC(=O)NCCC(O)C(C)C. The first kappa shape index (κ1) is 16.0. The summed E-state index contributed by atoms with van der Waals surface area (Å²) in [5.41, 5.74) is 1.77. The smallest absolute Gasteiger partial charge is 0.319 e. The van der Waals surface area contributed by atoms with Crippen molar-refractivity contribution in [1.82, 2.24) is 5.32 Å². The van der Waals surface area contributed by atoms with Crippen molar-refractivity contribution in [3.05, 3.63) is 28.2 Å². The first-order chi connectivity index (χ1) is 8.90. The molecule has 106 valence electrons. The Morgan fingerprint density at radius 1 is 1.42 bits per heavy atom. The van der Waals surface area contributed by atoms with Crippen molar-refractivity contribution < 1.29 is 9.90 Å². The molecule has 4 nitrogen and oxygen atoms in total. The molecule has 0 radical (unpaired) electrons. The highest BCUT2D eigenvalue weighted by Crippen LogP contribution is 2.20. The quantitative estimate of drug-likeness (QED) is 0.776. The minimum Gasteiger partial charge on any atom is -0.393 e. The molecule has 0 aliphatic heterocycles. The van der Waals surface area contributed by atoms with Crippen molar-refractivity contribution in [2.24, 2.45) is 5.92 Å². The van der Waals surface area contributed by atoms with Crippen LogP contribution in [0.4, 0.5) is 10.5 Å². The lowest BCUT2D eigenvalue weighted by atomic mass is 10.0. The van der Waals surface area contributed by atoms with Crippen LogP contribution in [-0.4, -0.2) is 23.8 Å². The largest absolute Gasteiger partial charge is 0.393 e. The van der Waals surface area contributed by atoms with Gasteiger partial charge in [-0.3, -0.25) is 0 Å². The molecule has 1 aromatic rings. The number of aliphatic hydroxyl groups excluding tert-OH is 1. The maximum Gasteiger partial charge on any atom is 0.319 e. The van der Waals surface area contributed by atoms with Crippen LogP contribution < -0.4 is 10.6 Å². The molecular weight excluding hydrogens is 308 g/mol. The van der Waals surface area contributed by atoms with Crippen LogP contribution in [0.1, 0.15) is 25.8 Å². The number of anilines is 1. The summed E-state index contributed by atoms with van der Waals surface area (Å²) < 4.78 is 0.920. The van der Waals surface area contributed by atoms with Gasteiger partial charge in [0, 0.05) is 16.7 Å². The second-order valence-corrected chi connectivity index (χ2v) is 5.86. The van der Waals surface area contributed by atoms with E-state index in [1.807, 2.05) is 39.0 Å². The molecule has 0 bridgehead atoms. The number of carbonyl (C=O) groups excluding carboxylic acids is 1. The zero-order valence-corrected chi connectivity index (χ0v) is 13.1. The summed E-state index contributed by atoms with van der Waals surface area (Å²) in [5, 5.41) is 15.2. The molecule has 19 heavy (non-hydrogen) atoms. The minimum absolute atomic E-state index is 0.206. The Morgan fingerprint density at radius 2 is 2.11 bits per heavy atom. The van der Waals surface area contributed by atoms with Crippen molar-refractivity contribution in [3.8, 4) is 0 Å². The predicted molar refractivity (Wildman–Crippen MR) is 81.4 cm³/mol. The second kappa shape index (κ2) is 7.50. The van der Waals surface area contributed by atoms with Gasteiger partial charge in [-0.1, -0.05) is 35.8 Å². The summed E-state index contributed by atoms with van der Waals surface area (Å²) in [6.07, 6.45) is 0.177. The van der Waals surface area contributed by atoms with Gasteiger partial charge in [0.1, 0.15) is 0 Å². The molecule has 0 aromatic heterocycles. The second-order valence-electron chi connectivity index (χ2n) is 4.94. The molecular formula is C14H21BrN2O2. The van der Waals surface area contributed by atoms with Crippen molar-refractivity contribution in [3.63, 3.8) is 0 Å². The molecule has 1 aromatic carbocycles. The number of halogens is 1. The predicted octanol–water partition coefficient (Wildman–Crippen LogP) is 3.29. The maximum atomic E-state index is 11.7. The summed E-state index contributed by atoms with van der Waals surface area (Å²) in [5.74, 6) is 0.206. The first-order valence-corrected chi connectivity index (χ1v) is 7.18. The van der Waals surface area contributed by atoms with Crippen LogP contribution in [0.2, 0.25) is 0 Å². The van der Waals surface area contributed by atoms with Crippen LogP contribution in [0.3, 0.4) is 0 Å². The lowest BCUT2D eigenvalue weighted by Crippen LogP contribution is -2.32. The highest BCUT2D eigenvalue weighted by atomic mass is 79.9. The number of carbonyl (C=O) groups is 1. The van der Waals surface area contributed by atoms with Gasteiger partial charge in [-0.15, -0.1) is 0 Å². The van der Waals surface area contributed by atoms with Crippen molar-refractivity contribution in [1.29, 1.82) is 0 Å². The van der Waals surface area contributed by atoms with E-state index in [9.17, 15) is 9.90 Å². The van der Waals surface area contributed by atoms with Crippen molar-refractivity contribution in [2.75, 3.05) is 11.9 Å². The molecule has 0 aliphatic rings. The molecule has 1 atom stereocenters. The number of aryl methyl sites for hydroxylation is 1. The lowest BCUT2D eigenvalue weighted by molar-refractivity contribution is 0.117. The molecule has 0 aliphatic carbocycles. The molecule has 1 rings (SSSR count). The topological polar surface area (TPSA) is 61.4 Å². The van der Waals surface area contributed by atoms with Gasteiger partial charge in [-0.05, 0) is 37.0 Å². The third kappa shape index (κ3) is 5.61. The zero-order valence-electron chi connectivity index (χ0n) is 11.5. The number of hydrogen-bond donors (Lipinski definition) is 3. The fourth-order valence-corrected chi connectivity index (χ4v) is 1.92. The van der Waals surface area contributed by atoms with Crippen LogP contribution in [0.5, 0.6) is 0 Å². The number of hydrogen-bond acceptors (Lipinski definition) is 2. The van der Waals surface area contributed by atoms with Gasteiger partial charge < -0.3 is 15.7 Å². The number of amides is 2. The molecule has 2 amide bonds. The Morgan fingerprint density at radius 3 is 2.74 bits per heavy atom. The number of benzene rings is 1. The van der Waals surface area contributed by atoms with Gasteiger partial charge in [0.05, 0.1) is 6.10 Å². The zero-order chi connectivity index (χ0) is 14.4. The standard InChI is InChI=1S/C14H21BrN2O2/c1-9(2)13(18)6-7-16-14(19)17-12-8-11(15)5-4-10(12)3/h4-5,8-9,13,18H,6-7H2,1-3H3,(H2,16,17,19). The average Bonchev–Trinajstić information content (AvgIpc) is 2.33. The van der Waals surface area contributed by atoms with Crippen LogP contribution in [0.25, 0.3) is 0 Å². The fraction of sp³-hybridized carbons (Fsp3) is 0.500. The van der Waals surface area contributed by atoms with Gasteiger partial charge in [-0.2, -0.15) is 0 Å². The van der Waals surface area contributed by atoms with E-state index in [-0.39, 0.29) is 18.1 Å². The monoisotopic (exact) mass is 328 g/mol. The Labute approximate surface area is 122 Å². The Hall–Kier alpha value is -1.07. The van der Waals surface area contributed by atoms with E-state index < -0.39 is 0 Å². The van der Waals surface area contributed by atoms with E-state index in [0.29, 0.717) is 13.0 Å². The summed E-state index contributed by atoms with van der Waals surface area (Å²) in [6.45, 7) is 6.30. The first-order valence-electron chi connectivity index (χ1n) is 6.39. The van der Waals surface area contributed by atoms with E-state index in [2.05, 4.69) is 26.6 Å². The Bertz CT molecular complexity index is 435. The van der Waals surface area contributed by atoms with Gasteiger partial charge in [0.2, 0.25) is 0 Å². The van der Waals surface area contributed by atoms with Crippen molar-refractivity contribution in [2.45, 2.75) is 33.3 Å². The molecule has 0 heterocycles. The summed E-state index contributed by atoms with van der Waals surface area (Å²) in [4.78, 5) is 11.7.